The van der Waals surface area contributed by atoms with Crippen LogP contribution in [0.4, 0.5) is 26.2 Å². The zero-order valence-corrected chi connectivity index (χ0v) is 9.54. The molecule has 5 nitrogen and oxygen atoms in total. The van der Waals surface area contributed by atoms with Gasteiger partial charge in [0, 0.05) is 5.69 Å². The van der Waals surface area contributed by atoms with Gasteiger partial charge in [-0.2, -0.15) is 4.98 Å². The molecular weight excluding hydrogens is 240 g/mol. The average Bonchev–Trinajstić information content (AvgIpc) is 2.36. The topological polar surface area (TPSA) is 75.9 Å². The fourth-order valence-electron chi connectivity index (χ4n) is 1.33. The first-order chi connectivity index (χ1) is 8.60. The van der Waals surface area contributed by atoms with Gasteiger partial charge in [0.05, 0.1) is 6.20 Å². The number of halogens is 2. The third-order valence-corrected chi connectivity index (χ3v) is 2.31. The molecule has 0 radical (unpaired) electrons. The molecule has 2 aromatic rings. The highest BCUT2D eigenvalue weighted by Crippen LogP contribution is 2.20. The Kier molecular flexibility index (Phi) is 3.33. The van der Waals surface area contributed by atoms with Gasteiger partial charge in [-0.15, -0.1) is 0 Å². The van der Waals surface area contributed by atoms with Crippen molar-refractivity contribution in [2.75, 3.05) is 10.7 Å². The van der Waals surface area contributed by atoms with Crippen molar-refractivity contribution in [1.29, 1.82) is 0 Å². The van der Waals surface area contributed by atoms with Crippen LogP contribution in [0, 0.1) is 18.6 Å². The Morgan fingerprint density at radius 1 is 1.22 bits per heavy atom. The van der Waals surface area contributed by atoms with Crippen molar-refractivity contribution in [3.05, 3.63) is 41.6 Å². The van der Waals surface area contributed by atoms with Crippen LogP contribution in [0.1, 0.15) is 5.56 Å². The summed E-state index contributed by atoms with van der Waals surface area (Å²) in [6.45, 7) is 1.64. The van der Waals surface area contributed by atoms with Crippen LogP contribution in [-0.4, -0.2) is 9.97 Å². The van der Waals surface area contributed by atoms with Crippen molar-refractivity contribution in [3.63, 3.8) is 0 Å². The smallest absolute Gasteiger partial charge is 0.239 e. The van der Waals surface area contributed by atoms with Crippen molar-refractivity contribution in [3.8, 4) is 0 Å². The number of hydrogen-bond donors (Lipinski definition) is 3. The number of hydrazine groups is 1. The Balaban J connectivity index is 2.30. The molecule has 4 N–H and O–H groups in total. The van der Waals surface area contributed by atoms with E-state index in [1.165, 1.54) is 6.07 Å². The van der Waals surface area contributed by atoms with E-state index in [0.717, 1.165) is 6.20 Å². The first-order valence-corrected chi connectivity index (χ1v) is 5.12. The normalized spacial score (nSPS) is 10.2. The van der Waals surface area contributed by atoms with Crippen LogP contribution in [0.25, 0.3) is 0 Å². The van der Waals surface area contributed by atoms with Gasteiger partial charge in [0.1, 0.15) is 5.82 Å². The highest BCUT2D eigenvalue weighted by atomic mass is 19.1. The number of nitrogen functional groups attached to an aromatic ring is 1. The summed E-state index contributed by atoms with van der Waals surface area (Å²) >= 11 is 0. The molecular formula is C11H11F2N5. The second-order valence-electron chi connectivity index (χ2n) is 3.62. The van der Waals surface area contributed by atoms with Crippen LogP contribution in [0.5, 0.6) is 0 Å². The fourth-order valence-corrected chi connectivity index (χ4v) is 1.33. The number of nitrogens with two attached hydrogens (primary N) is 1. The molecule has 0 aliphatic rings. The Morgan fingerprint density at radius 3 is 2.67 bits per heavy atom. The maximum atomic E-state index is 13.4. The molecule has 0 amide bonds. The fraction of sp³-hybridized carbons (Fsp3) is 0.0909. The van der Waals surface area contributed by atoms with Crippen LogP contribution in [0.3, 0.4) is 0 Å². The van der Waals surface area contributed by atoms with Crippen LogP contribution >= 0.6 is 0 Å². The molecule has 0 aliphatic heterocycles. The number of hydrogen-bond acceptors (Lipinski definition) is 5. The Hall–Kier alpha value is -2.28. The van der Waals surface area contributed by atoms with Gasteiger partial charge in [-0.1, -0.05) is 6.07 Å². The minimum atomic E-state index is -0.657. The summed E-state index contributed by atoms with van der Waals surface area (Å²) in [6.07, 6.45) is 0.967. The van der Waals surface area contributed by atoms with Crippen molar-refractivity contribution in [1.82, 2.24) is 9.97 Å². The Morgan fingerprint density at radius 2 is 2.00 bits per heavy atom. The Bertz CT molecular complexity index is 573. The lowest BCUT2D eigenvalue weighted by Crippen LogP contribution is -2.12. The summed E-state index contributed by atoms with van der Waals surface area (Å²) in [6, 6.07) is 4.46. The van der Waals surface area contributed by atoms with E-state index >= 15 is 0 Å². The largest absolute Gasteiger partial charge is 0.338 e. The summed E-state index contributed by atoms with van der Waals surface area (Å²) in [5.74, 6) is 4.06. The van der Waals surface area contributed by atoms with Gasteiger partial charge in [-0.3, -0.25) is 5.43 Å². The zero-order chi connectivity index (χ0) is 13.1. The molecule has 94 valence electrons. The molecule has 0 fully saturated rings. The monoisotopic (exact) mass is 251 g/mol. The lowest BCUT2D eigenvalue weighted by atomic mass is 10.2. The molecule has 0 saturated heterocycles. The summed E-state index contributed by atoms with van der Waals surface area (Å²) < 4.78 is 26.8. The summed E-state index contributed by atoms with van der Waals surface area (Å²) in [5.41, 5.74) is 3.09. The second kappa shape index (κ2) is 4.92. The van der Waals surface area contributed by atoms with Gasteiger partial charge in [0.25, 0.3) is 0 Å². The molecule has 0 aliphatic carbocycles. The molecule has 0 unspecified atom stereocenters. The summed E-state index contributed by atoms with van der Waals surface area (Å²) in [5, 5.41) is 2.65. The van der Waals surface area contributed by atoms with Crippen LogP contribution < -0.4 is 16.6 Å². The average molecular weight is 251 g/mol. The van der Waals surface area contributed by atoms with E-state index in [-0.39, 0.29) is 17.6 Å². The molecule has 1 aromatic carbocycles. The number of aryl methyl sites for hydroxylation is 1. The molecule has 0 saturated carbocycles. The van der Waals surface area contributed by atoms with E-state index in [9.17, 15) is 8.78 Å². The van der Waals surface area contributed by atoms with Gasteiger partial charge < -0.3 is 5.32 Å². The van der Waals surface area contributed by atoms with E-state index in [1.54, 1.807) is 19.1 Å². The van der Waals surface area contributed by atoms with Crippen LogP contribution in [0.15, 0.2) is 24.4 Å². The number of rotatable bonds is 3. The number of aromatic nitrogens is 2. The lowest BCUT2D eigenvalue weighted by Gasteiger charge is -2.08. The van der Waals surface area contributed by atoms with E-state index in [0.29, 0.717) is 11.3 Å². The molecule has 1 heterocycles. The number of anilines is 3. The predicted molar refractivity (Wildman–Crippen MR) is 64.2 cm³/mol. The predicted octanol–water partition coefficient (Wildman–Crippen LogP) is 2.09. The maximum absolute atomic E-state index is 13.4. The van der Waals surface area contributed by atoms with Crippen LogP contribution in [-0.2, 0) is 0 Å². The Labute approximate surface area is 102 Å². The minimum Gasteiger partial charge on any atom is -0.338 e. The van der Waals surface area contributed by atoms with E-state index in [1.807, 2.05) is 0 Å². The first kappa shape index (κ1) is 12.2. The van der Waals surface area contributed by atoms with E-state index in [4.69, 9.17) is 5.84 Å². The minimum absolute atomic E-state index is 0.0616. The molecule has 2 rings (SSSR count). The molecule has 0 bridgehead atoms. The van der Waals surface area contributed by atoms with E-state index in [2.05, 4.69) is 20.7 Å². The SMILES string of the molecule is Cc1ccc(Nc2nc(NN)ncc2F)cc1F. The standard InChI is InChI=1S/C11H11F2N5/c1-6-2-3-7(4-8(6)12)16-10-9(13)5-15-11(17-10)18-14/h2-5H,14H2,1H3,(H2,15,16,17,18). The number of benzene rings is 1. The van der Waals surface area contributed by atoms with Gasteiger partial charge in [0.15, 0.2) is 11.6 Å². The molecule has 7 heteroatoms. The van der Waals surface area contributed by atoms with Crippen molar-refractivity contribution in [2.24, 2.45) is 5.84 Å². The lowest BCUT2D eigenvalue weighted by molar-refractivity contribution is 0.616. The number of nitrogens with zero attached hydrogens (tertiary/aromatic N) is 2. The molecule has 0 spiro atoms. The molecule has 1 aromatic heterocycles. The van der Waals surface area contributed by atoms with Crippen molar-refractivity contribution < 1.29 is 8.78 Å². The van der Waals surface area contributed by atoms with Crippen LogP contribution in [0.2, 0.25) is 0 Å². The quantitative estimate of drug-likeness (QED) is 0.575. The van der Waals surface area contributed by atoms with Gasteiger partial charge in [-0.25, -0.2) is 19.6 Å². The highest BCUT2D eigenvalue weighted by molar-refractivity contribution is 5.57. The molecule has 18 heavy (non-hydrogen) atoms. The van der Waals surface area contributed by atoms with Crippen molar-refractivity contribution in [2.45, 2.75) is 6.92 Å². The van der Waals surface area contributed by atoms with Gasteiger partial charge in [-0.05, 0) is 24.6 Å². The third-order valence-electron chi connectivity index (χ3n) is 2.31. The van der Waals surface area contributed by atoms with Gasteiger partial charge in [0.2, 0.25) is 5.95 Å². The number of nitrogens with one attached hydrogen (secondary N) is 2. The zero-order valence-electron chi connectivity index (χ0n) is 9.54. The molecule has 0 atom stereocenters. The maximum Gasteiger partial charge on any atom is 0.239 e. The summed E-state index contributed by atoms with van der Waals surface area (Å²) in [7, 11) is 0. The summed E-state index contributed by atoms with van der Waals surface area (Å²) in [4.78, 5) is 7.38. The second-order valence-corrected chi connectivity index (χ2v) is 3.62. The third kappa shape index (κ3) is 2.51. The highest BCUT2D eigenvalue weighted by Gasteiger charge is 2.07. The van der Waals surface area contributed by atoms with E-state index < -0.39 is 5.82 Å². The first-order valence-electron chi connectivity index (χ1n) is 5.12. The van der Waals surface area contributed by atoms with Gasteiger partial charge >= 0.3 is 0 Å². The van der Waals surface area contributed by atoms with Crippen molar-refractivity contribution >= 4 is 17.5 Å².